The highest BCUT2D eigenvalue weighted by molar-refractivity contribution is 7.98. The fourth-order valence-corrected chi connectivity index (χ4v) is 4.73. The zero-order valence-corrected chi connectivity index (χ0v) is 18.1. The summed E-state index contributed by atoms with van der Waals surface area (Å²) in [5.41, 5.74) is 1.33. The molecular weight excluding hydrogens is 396 g/mol. The largest absolute Gasteiger partial charge is 0.858 e. The summed E-state index contributed by atoms with van der Waals surface area (Å²) >= 11 is 1.68. The molecule has 0 N–H and O–H groups in total. The van der Waals surface area contributed by atoms with E-state index in [-0.39, 0.29) is 11.8 Å². The molecule has 2 aromatic carbocycles. The van der Waals surface area contributed by atoms with Gasteiger partial charge in [0.05, 0.1) is 22.6 Å². The van der Waals surface area contributed by atoms with Gasteiger partial charge in [-0.2, -0.15) is 0 Å². The van der Waals surface area contributed by atoms with Crippen LogP contribution in [-0.4, -0.2) is 23.3 Å². The van der Waals surface area contributed by atoms with Crippen molar-refractivity contribution in [1.82, 2.24) is 5.27 Å². The summed E-state index contributed by atoms with van der Waals surface area (Å²) in [6.45, 7) is 4.41. The first-order chi connectivity index (χ1) is 14.6. The Morgan fingerprint density at radius 2 is 1.73 bits per heavy atom. The van der Waals surface area contributed by atoms with Crippen LogP contribution in [0.15, 0.2) is 75.1 Å². The Labute approximate surface area is 181 Å². The molecule has 0 bridgehead atoms. The van der Waals surface area contributed by atoms with Crippen molar-refractivity contribution in [3.63, 3.8) is 0 Å². The normalized spacial score (nSPS) is 19.8. The summed E-state index contributed by atoms with van der Waals surface area (Å²) < 4.78 is 5.60. The molecule has 1 aliphatic heterocycles. The molecule has 2 atom stereocenters. The molecule has 156 valence electrons. The second-order valence-corrected chi connectivity index (χ2v) is 8.66. The molecule has 1 saturated heterocycles. The molecule has 0 amide bonds. The molecule has 30 heavy (non-hydrogen) atoms. The topological polar surface area (TPSA) is 68.6 Å². The van der Waals surface area contributed by atoms with Crippen LogP contribution in [0.5, 0.6) is 0 Å². The van der Waals surface area contributed by atoms with Crippen LogP contribution < -0.4 is 14.9 Å². The van der Waals surface area contributed by atoms with Gasteiger partial charge in [-0.3, -0.25) is 4.52 Å². The highest BCUT2D eigenvalue weighted by Crippen LogP contribution is 2.28. The minimum Gasteiger partial charge on any atom is -0.858 e. The number of aliphatic imine (C=N–C) groups is 1. The minimum absolute atomic E-state index is 0.275. The van der Waals surface area contributed by atoms with Gasteiger partial charge in [0, 0.05) is 4.90 Å². The number of nitrogens with zero attached hydrogens (tertiary/aromatic N) is 4. The van der Waals surface area contributed by atoms with Crippen LogP contribution in [-0.2, 0) is 5.75 Å². The van der Waals surface area contributed by atoms with E-state index in [0.717, 1.165) is 23.4 Å². The monoisotopic (exact) mass is 422 g/mol. The van der Waals surface area contributed by atoms with Gasteiger partial charge in [0.15, 0.2) is 0 Å². The molecule has 1 aromatic heterocycles. The van der Waals surface area contributed by atoms with Crippen molar-refractivity contribution in [2.24, 2.45) is 4.99 Å². The van der Waals surface area contributed by atoms with Gasteiger partial charge in [-0.25, -0.2) is 4.99 Å². The third-order valence-corrected chi connectivity index (χ3v) is 6.42. The Bertz CT molecular complexity index is 981. The zero-order chi connectivity index (χ0) is 20.9. The van der Waals surface area contributed by atoms with Crippen LogP contribution in [0.25, 0.3) is 0 Å². The molecule has 1 aliphatic rings. The molecule has 1 fully saturated rings. The summed E-state index contributed by atoms with van der Waals surface area (Å²) in [5.74, 6) is 0.548. The molecule has 7 heteroatoms. The van der Waals surface area contributed by atoms with Crippen molar-refractivity contribution in [3.8, 4) is 0 Å². The summed E-state index contributed by atoms with van der Waals surface area (Å²) in [7, 11) is 0. The lowest BCUT2D eigenvalue weighted by Crippen LogP contribution is -2.69. The number of aromatic nitrogens is 2. The fourth-order valence-electron chi connectivity index (χ4n) is 3.84. The first-order valence-corrected chi connectivity index (χ1v) is 11.3. The van der Waals surface area contributed by atoms with E-state index in [1.165, 1.54) is 6.42 Å². The minimum atomic E-state index is -0.329. The number of hydrogen-bond donors (Lipinski definition) is 0. The van der Waals surface area contributed by atoms with E-state index in [0.29, 0.717) is 23.4 Å². The van der Waals surface area contributed by atoms with E-state index in [1.54, 1.807) is 23.9 Å². The van der Waals surface area contributed by atoms with Crippen molar-refractivity contribution >= 4 is 23.5 Å². The summed E-state index contributed by atoms with van der Waals surface area (Å²) in [6, 6.07) is 19.9. The van der Waals surface area contributed by atoms with Gasteiger partial charge in [0.2, 0.25) is 5.27 Å². The Kier molecular flexibility index (Phi) is 6.38. The van der Waals surface area contributed by atoms with Crippen LogP contribution in [0, 0.1) is 0 Å². The molecule has 2 heterocycles. The van der Waals surface area contributed by atoms with E-state index in [4.69, 9.17) is 4.52 Å². The van der Waals surface area contributed by atoms with E-state index in [9.17, 15) is 5.11 Å². The SMILES string of the molecule is CC1CCCC(C)N1[n+]1noc(N=C([O-])c2ccccc2)c1CSc1ccccc1. The van der Waals surface area contributed by atoms with Gasteiger partial charge in [0.25, 0.3) is 0 Å². The standard InChI is InChI=1S/C23H26N4O2S/c1-17-10-9-11-18(2)26(17)27-21(16-30-20-14-7-4-8-15-20)23(29-25-27)24-22(28)19-12-5-3-6-13-19/h3-8,12-15,17-18H,9-11,16H2,1-2H3. The molecule has 6 nitrogen and oxygen atoms in total. The molecule has 2 unspecified atom stereocenters. The molecule has 3 aromatic rings. The quantitative estimate of drug-likeness (QED) is 0.263. The maximum absolute atomic E-state index is 12.7. The number of benzene rings is 2. The highest BCUT2D eigenvalue weighted by Gasteiger charge is 2.38. The molecule has 0 saturated carbocycles. The predicted molar refractivity (Wildman–Crippen MR) is 116 cm³/mol. The second-order valence-electron chi connectivity index (χ2n) is 7.61. The smallest absolute Gasteiger partial charge is 0.328 e. The van der Waals surface area contributed by atoms with Gasteiger partial charge >= 0.3 is 11.6 Å². The number of rotatable bonds is 6. The van der Waals surface area contributed by atoms with Gasteiger partial charge in [-0.05, 0) is 56.7 Å². The van der Waals surface area contributed by atoms with Crippen molar-refractivity contribution < 1.29 is 14.4 Å². The number of thioether (sulfide) groups is 1. The van der Waals surface area contributed by atoms with Crippen molar-refractivity contribution in [1.29, 1.82) is 0 Å². The molecule has 0 aliphatic carbocycles. The molecule has 4 rings (SSSR count). The fraction of sp³-hybridized carbons (Fsp3) is 0.348. The maximum atomic E-state index is 12.7. The average molecular weight is 423 g/mol. The summed E-state index contributed by atoms with van der Waals surface area (Å²) in [5, 5.41) is 19.2. The number of hydrogen-bond acceptors (Lipinski definition) is 6. The zero-order valence-electron chi connectivity index (χ0n) is 17.3. The summed E-state index contributed by atoms with van der Waals surface area (Å²) in [6.07, 6.45) is 3.41. The molecular formula is C23H26N4O2S. The lowest BCUT2D eigenvalue weighted by molar-refractivity contribution is -0.771. The first-order valence-electron chi connectivity index (χ1n) is 10.3. The third kappa shape index (κ3) is 4.51. The van der Waals surface area contributed by atoms with Gasteiger partial charge in [-0.1, -0.05) is 48.5 Å². The lowest BCUT2D eigenvalue weighted by Gasteiger charge is -2.32. The van der Waals surface area contributed by atoms with Crippen LogP contribution in [0.2, 0.25) is 0 Å². The molecule has 0 radical (unpaired) electrons. The second kappa shape index (κ2) is 9.34. The van der Waals surface area contributed by atoms with E-state index >= 15 is 0 Å². The van der Waals surface area contributed by atoms with Crippen molar-refractivity contribution in [3.05, 3.63) is 71.9 Å². The summed E-state index contributed by atoms with van der Waals surface area (Å²) in [4.78, 5) is 7.26. The Hall–Kier alpha value is -2.80. The Morgan fingerprint density at radius 1 is 1.10 bits per heavy atom. The van der Waals surface area contributed by atoms with Crippen LogP contribution in [0.4, 0.5) is 5.88 Å². The van der Waals surface area contributed by atoms with Gasteiger partial charge in [-0.15, -0.1) is 16.8 Å². The van der Waals surface area contributed by atoms with Crippen LogP contribution in [0.1, 0.15) is 44.4 Å². The first kappa shape index (κ1) is 20.5. The molecule has 0 spiro atoms. The van der Waals surface area contributed by atoms with E-state index < -0.39 is 0 Å². The van der Waals surface area contributed by atoms with Crippen molar-refractivity contribution in [2.45, 2.75) is 55.8 Å². The van der Waals surface area contributed by atoms with Gasteiger partial charge in [0.1, 0.15) is 0 Å². The Morgan fingerprint density at radius 3 is 2.40 bits per heavy atom. The lowest BCUT2D eigenvalue weighted by atomic mass is 10.00. The van der Waals surface area contributed by atoms with Crippen molar-refractivity contribution in [2.75, 3.05) is 5.01 Å². The van der Waals surface area contributed by atoms with E-state index in [2.05, 4.69) is 41.3 Å². The van der Waals surface area contributed by atoms with Crippen LogP contribution >= 0.6 is 11.8 Å². The number of piperidine rings is 1. The Balaban J connectivity index is 1.69. The maximum Gasteiger partial charge on any atom is 0.328 e. The van der Waals surface area contributed by atoms with Gasteiger partial charge < -0.3 is 5.11 Å². The predicted octanol–water partition coefficient (Wildman–Crippen LogP) is 3.59. The van der Waals surface area contributed by atoms with E-state index in [1.807, 2.05) is 41.2 Å². The highest BCUT2D eigenvalue weighted by atomic mass is 32.2. The average Bonchev–Trinajstić information content (AvgIpc) is 3.15. The van der Waals surface area contributed by atoms with Crippen LogP contribution in [0.3, 0.4) is 0 Å². The third-order valence-electron chi connectivity index (χ3n) is 5.40.